The van der Waals surface area contributed by atoms with Gasteiger partial charge in [0.15, 0.2) is 0 Å². The van der Waals surface area contributed by atoms with Crippen LogP contribution in [-0.4, -0.2) is 25.0 Å². The molecule has 1 saturated heterocycles. The smallest absolute Gasteiger partial charge is 0.221 e. The summed E-state index contributed by atoms with van der Waals surface area (Å²) < 4.78 is 0. The van der Waals surface area contributed by atoms with Gasteiger partial charge in [0.1, 0.15) is 0 Å². The molecular formula is C14H26N2O. The molecule has 3 nitrogen and oxygen atoms in total. The summed E-state index contributed by atoms with van der Waals surface area (Å²) in [4.78, 5) is 11.9. The SMILES string of the molecule is CC1CCCNC1CC(=O)NCC1CCCC1. The van der Waals surface area contributed by atoms with Crippen LogP contribution in [0.15, 0.2) is 0 Å². The lowest BCUT2D eigenvalue weighted by atomic mass is 9.90. The second kappa shape index (κ2) is 6.39. The summed E-state index contributed by atoms with van der Waals surface area (Å²) in [6.07, 6.45) is 8.48. The Labute approximate surface area is 105 Å². The first-order chi connectivity index (χ1) is 8.25. The van der Waals surface area contributed by atoms with Crippen LogP contribution in [0, 0.1) is 11.8 Å². The van der Waals surface area contributed by atoms with Crippen LogP contribution in [0.25, 0.3) is 0 Å². The van der Waals surface area contributed by atoms with E-state index in [1.54, 1.807) is 0 Å². The first-order valence-electron chi connectivity index (χ1n) is 7.26. The number of nitrogens with one attached hydrogen (secondary N) is 2. The van der Waals surface area contributed by atoms with E-state index in [1.807, 2.05) is 0 Å². The van der Waals surface area contributed by atoms with Crippen LogP contribution >= 0.6 is 0 Å². The van der Waals surface area contributed by atoms with Gasteiger partial charge in [-0.25, -0.2) is 0 Å². The highest BCUT2D eigenvalue weighted by molar-refractivity contribution is 5.76. The quantitative estimate of drug-likeness (QED) is 0.787. The number of hydrogen-bond donors (Lipinski definition) is 2. The molecule has 0 aromatic rings. The number of carbonyl (C=O) groups is 1. The van der Waals surface area contributed by atoms with Gasteiger partial charge in [-0.3, -0.25) is 4.79 Å². The molecule has 0 radical (unpaired) electrons. The molecule has 2 aliphatic rings. The minimum absolute atomic E-state index is 0.239. The minimum atomic E-state index is 0.239. The molecule has 1 heterocycles. The molecule has 2 N–H and O–H groups in total. The molecule has 98 valence electrons. The largest absolute Gasteiger partial charge is 0.356 e. The van der Waals surface area contributed by atoms with Crippen molar-refractivity contribution in [3.05, 3.63) is 0 Å². The van der Waals surface area contributed by atoms with Crippen molar-refractivity contribution in [1.29, 1.82) is 0 Å². The van der Waals surface area contributed by atoms with Crippen LogP contribution in [-0.2, 0) is 4.79 Å². The lowest BCUT2D eigenvalue weighted by Gasteiger charge is -2.29. The molecule has 0 bridgehead atoms. The topological polar surface area (TPSA) is 41.1 Å². The predicted octanol–water partition coefficient (Wildman–Crippen LogP) is 2.07. The van der Waals surface area contributed by atoms with Gasteiger partial charge in [-0.2, -0.15) is 0 Å². The van der Waals surface area contributed by atoms with Gasteiger partial charge in [-0.05, 0) is 44.1 Å². The fraction of sp³-hybridized carbons (Fsp3) is 0.929. The lowest BCUT2D eigenvalue weighted by Crippen LogP contribution is -2.44. The maximum absolute atomic E-state index is 11.9. The zero-order chi connectivity index (χ0) is 12.1. The molecule has 2 unspecified atom stereocenters. The Morgan fingerprint density at radius 2 is 2.00 bits per heavy atom. The maximum atomic E-state index is 11.9. The van der Waals surface area contributed by atoms with E-state index in [1.165, 1.54) is 38.5 Å². The molecule has 0 aromatic carbocycles. The normalized spacial score (nSPS) is 30.4. The van der Waals surface area contributed by atoms with Gasteiger partial charge in [0.05, 0.1) is 0 Å². The van der Waals surface area contributed by atoms with E-state index in [4.69, 9.17) is 0 Å². The second-order valence-electron chi connectivity index (χ2n) is 5.84. The molecule has 0 spiro atoms. The van der Waals surface area contributed by atoms with E-state index < -0.39 is 0 Å². The molecule has 3 heteroatoms. The molecule has 1 aliphatic carbocycles. The number of amides is 1. The fourth-order valence-electron chi connectivity index (χ4n) is 3.13. The number of rotatable bonds is 4. The van der Waals surface area contributed by atoms with Crippen molar-refractivity contribution in [2.24, 2.45) is 11.8 Å². The molecule has 1 saturated carbocycles. The summed E-state index contributed by atoms with van der Waals surface area (Å²) >= 11 is 0. The number of hydrogen-bond acceptors (Lipinski definition) is 2. The van der Waals surface area contributed by atoms with Crippen molar-refractivity contribution in [3.63, 3.8) is 0 Å². The van der Waals surface area contributed by atoms with Crippen LogP contribution in [0.4, 0.5) is 0 Å². The first kappa shape index (κ1) is 12.9. The summed E-state index contributed by atoms with van der Waals surface area (Å²) in [5.41, 5.74) is 0. The molecule has 2 rings (SSSR count). The van der Waals surface area contributed by atoms with E-state index in [-0.39, 0.29) is 5.91 Å². The van der Waals surface area contributed by atoms with Crippen LogP contribution in [0.3, 0.4) is 0 Å². The first-order valence-corrected chi connectivity index (χ1v) is 7.26. The third-order valence-electron chi connectivity index (χ3n) is 4.40. The number of piperidine rings is 1. The highest BCUT2D eigenvalue weighted by atomic mass is 16.1. The van der Waals surface area contributed by atoms with Crippen LogP contribution in [0.5, 0.6) is 0 Å². The van der Waals surface area contributed by atoms with Gasteiger partial charge in [0.25, 0.3) is 0 Å². The molecule has 2 atom stereocenters. The van der Waals surface area contributed by atoms with E-state index in [9.17, 15) is 4.79 Å². The Balaban J connectivity index is 1.65. The summed E-state index contributed by atoms with van der Waals surface area (Å²) in [5.74, 6) is 1.62. The van der Waals surface area contributed by atoms with Gasteiger partial charge < -0.3 is 10.6 Å². The van der Waals surface area contributed by atoms with E-state index in [0.717, 1.165) is 19.0 Å². The van der Waals surface area contributed by atoms with Crippen molar-refractivity contribution < 1.29 is 4.79 Å². The molecule has 17 heavy (non-hydrogen) atoms. The predicted molar refractivity (Wildman–Crippen MR) is 69.8 cm³/mol. The van der Waals surface area contributed by atoms with Crippen LogP contribution in [0.2, 0.25) is 0 Å². The Morgan fingerprint density at radius 3 is 2.71 bits per heavy atom. The highest BCUT2D eigenvalue weighted by Gasteiger charge is 2.23. The Bertz CT molecular complexity index is 249. The summed E-state index contributed by atoms with van der Waals surface area (Å²) in [7, 11) is 0. The monoisotopic (exact) mass is 238 g/mol. The van der Waals surface area contributed by atoms with Crippen molar-refractivity contribution in [2.45, 2.75) is 57.9 Å². The van der Waals surface area contributed by atoms with Crippen molar-refractivity contribution in [2.75, 3.05) is 13.1 Å². The van der Waals surface area contributed by atoms with Crippen molar-refractivity contribution in [1.82, 2.24) is 10.6 Å². The third-order valence-corrected chi connectivity index (χ3v) is 4.40. The van der Waals surface area contributed by atoms with E-state index >= 15 is 0 Å². The van der Waals surface area contributed by atoms with Crippen molar-refractivity contribution in [3.8, 4) is 0 Å². The van der Waals surface area contributed by atoms with Gasteiger partial charge in [-0.15, -0.1) is 0 Å². The maximum Gasteiger partial charge on any atom is 0.221 e. The second-order valence-corrected chi connectivity index (χ2v) is 5.84. The average Bonchev–Trinajstić information content (AvgIpc) is 2.82. The van der Waals surface area contributed by atoms with Crippen molar-refractivity contribution >= 4 is 5.91 Å². The average molecular weight is 238 g/mol. The standard InChI is InChI=1S/C14H26N2O/c1-11-5-4-8-15-13(11)9-14(17)16-10-12-6-2-3-7-12/h11-13,15H,2-10H2,1H3,(H,16,17). The minimum Gasteiger partial charge on any atom is -0.356 e. The van der Waals surface area contributed by atoms with Gasteiger partial charge >= 0.3 is 0 Å². The lowest BCUT2D eigenvalue weighted by molar-refractivity contribution is -0.122. The van der Waals surface area contributed by atoms with E-state index in [2.05, 4.69) is 17.6 Å². The Kier molecular flexibility index (Phi) is 4.84. The summed E-state index contributed by atoms with van der Waals surface area (Å²) in [6, 6.07) is 0.396. The Morgan fingerprint density at radius 1 is 1.24 bits per heavy atom. The summed E-state index contributed by atoms with van der Waals surface area (Å²) in [5, 5.41) is 6.58. The zero-order valence-electron chi connectivity index (χ0n) is 11.0. The fourth-order valence-corrected chi connectivity index (χ4v) is 3.13. The highest BCUT2D eigenvalue weighted by Crippen LogP contribution is 2.24. The Hall–Kier alpha value is -0.570. The van der Waals surface area contributed by atoms with Gasteiger partial charge in [0, 0.05) is 19.0 Å². The molecule has 1 aliphatic heterocycles. The zero-order valence-corrected chi connectivity index (χ0v) is 11.0. The number of carbonyl (C=O) groups excluding carboxylic acids is 1. The molecule has 1 amide bonds. The van der Waals surface area contributed by atoms with Crippen LogP contribution in [0.1, 0.15) is 51.9 Å². The van der Waals surface area contributed by atoms with Gasteiger partial charge in [-0.1, -0.05) is 19.8 Å². The third kappa shape index (κ3) is 3.98. The van der Waals surface area contributed by atoms with E-state index in [0.29, 0.717) is 18.4 Å². The van der Waals surface area contributed by atoms with Crippen LogP contribution < -0.4 is 10.6 Å². The molecular weight excluding hydrogens is 212 g/mol. The molecule has 2 fully saturated rings. The van der Waals surface area contributed by atoms with Gasteiger partial charge in [0.2, 0.25) is 5.91 Å². The summed E-state index contributed by atoms with van der Waals surface area (Å²) in [6.45, 7) is 4.23. The molecule has 0 aromatic heterocycles.